The van der Waals surface area contributed by atoms with Gasteiger partial charge in [0.2, 0.25) is 0 Å². The minimum absolute atomic E-state index is 0.250. The van der Waals surface area contributed by atoms with Gasteiger partial charge >= 0.3 is 11.9 Å². The lowest BCUT2D eigenvalue weighted by atomic mass is 10.0. The summed E-state index contributed by atoms with van der Waals surface area (Å²) in [6, 6.07) is 0. The molecular formula is C9H16O4. The highest BCUT2D eigenvalue weighted by atomic mass is 16.6. The topological polar surface area (TPSA) is 63.6 Å². The van der Waals surface area contributed by atoms with Crippen LogP contribution >= 0.6 is 0 Å². The summed E-state index contributed by atoms with van der Waals surface area (Å²) < 4.78 is 4.65. The van der Waals surface area contributed by atoms with Gasteiger partial charge in [0, 0.05) is 6.92 Å². The van der Waals surface area contributed by atoms with Crippen LogP contribution in [0, 0.1) is 5.92 Å². The molecule has 2 atom stereocenters. The Morgan fingerprint density at radius 3 is 2.31 bits per heavy atom. The Morgan fingerprint density at radius 1 is 1.46 bits per heavy atom. The Morgan fingerprint density at radius 2 is 2.00 bits per heavy atom. The third-order valence-electron chi connectivity index (χ3n) is 1.90. The first-order valence-electron chi connectivity index (χ1n) is 4.37. The lowest BCUT2D eigenvalue weighted by molar-refractivity contribution is -0.163. The maximum atomic E-state index is 10.6. The Kier molecular flexibility index (Phi) is 5.11. The van der Waals surface area contributed by atoms with Crippen LogP contribution in [0.25, 0.3) is 0 Å². The highest BCUT2D eigenvalue weighted by Gasteiger charge is 2.22. The maximum absolute atomic E-state index is 10.6. The third-order valence-corrected chi connectivity index (χ3v) is 1.90. The number of carboxylic acid groups (broad SMARTS) is 1. The number of carbonyl (C=O) groups is 2. The van der Waals surface area contributed by atoms with E-state index in [0.717, 1.165) is 6.42 Å². The molecule has 0 aliphatic heterocycles. The quantitative estimate of drug-likeness (QED) is 0.663. The van der Waals surface area contributed by atoms with E-state index in [1.54, 1.807) is 0 Å². The fraction of sp³-hybridized carbons (Fsp3) is 0.778. The maximum Gasteiger partial charge on any atom is 0.345 e. The van der Waals surface area contributed by atoms with Crippen LogP contribution in [0.1, 0.15) is 33.6 Å². The molecule has 0 aromatic heterocycles. The van der Waals surface area contributed by atoms with E-state index in [1.165, 1.54) is 6.92 Å². The molecule has 2 unspecified atom stereocenters. The number of esters is 1. The predicted octanol–water partition coefficient (Wildman–Crippen LogP) is 1.44. The van der Waals surface area contributed by atoms with Gasteiger partial charge in [-0.05, 0) is 12.3 Å². The fourth-order valence-electron chi connectivity index (χ4n) is 0.932. The van der Waals surface area contributed by atoms with Gasteiger partial charge in [0.25, 0.3) is 0 Å². The molecule has 0 aromatic rings. The zero-order valence-electron chi connectivity index (χ0n) is 8.24. The first kappa shape index (κ1) is 11.9. The van der Waals surface area contributed by atoms with Crippen LogP contribution in [0.15, 0.2) is 0 Å². The van der Waals surface area contributed by atoms with Crippen molar-refractivity contribution in [1.82, 2.24) is 0 Å². The Bertz CT molecular complexity index is 188. The van der Waals surface area contributed by atoms with E-state index in [0.29, 0.717) is 6.42 Å². The van der Waals surface area contributed by atoms with E-state index in [4.69, 9.17) is 5.11 Å². The number of aliphatic carboxylic acids is 1. The Hall–Kier alpha value is -1.06. The molecule has 13 heavy (non-hydrogen) atoms. The number of hydrogen-bond acceptors (Lipinski definition) is 3. The van der Waals surface area contributed by atoms with Crippen LogP contribution in [0.4, 0.5) is 0 Å². The molecule has 0 radical (unpaired) electrons. The van der Waals surface area contributed by atoms with E-state index in [2.05, 4.69) is 4.74 Å². The van der Waals surface area contributed by atoms with E-state index in [9.17, 15) is 9.59 Å². The first-order valence-corrected chi connectivity index (χ1v) is 4.37. The second-order valence-corrected chi connectivity index (χ2v) is 3.19. The number of carbonyl (C=O) groups excluding carboxylic acids is 1. The zero-order valence-corrected chi connectivity index (χ0v) is 8.24. The summed E-state index contributed by atoms with van der Waals surface area (Å²) in [5, 5.41) is 8.69. The number of carboxylic acids is 1. The minimum Gasteiger partial charge on any atom is -0.479 e. The van der Waals surface area contributed by atoms with Crippen molar-refractivity contribution in [3.8, 4) is 0 Å². The van der Waals surface area contributed by atoms with E-state index < -0.39 is 18.0 Å². The van der Waals surface area contributed by atoms with Crippen molar-refractivity contribution in [1.29, 1.82) is 0 Å². The number of hydrogen-bond donors (Lipinski definition) is 1. The van der Waals surface area contributed by atoms with E-state index in [1.807, 2.05) is 13.8 Å². The molecule has 4 heteroatoms. The van der Waals surface area contributed by atoms with Crippen molar-refractivity contribution < 1.29 is 19.4 Å². The van der Waals surface area contributed by atoms with E-state index in [-0.39, 0.29) is 5.92 Å². The molecule has 0 amide bonds. The van der Waals surface area contributed by atoms with Crippen molar-refractivity contribution in [2.75, 3.05) is 0 Å². The average molecular weight is 188 g/mol. The van der Waals surface area contributed by atoms with Gasteiger partial charge in [0.15, 0.2) is 6.10 Å². The Balaban J connectivity index is 4.10. The SMILES string of the molecule is CCC(C)CC(OC(C)=O)C(=O)O. The zero-order chi connectivity index (χ0) is 10.4. The van der Waals surface area contributed by atoms with Gasteiger partial charge in [-0.15, -0.1) is 0 Å². The molecule has 0 saturated heterocycles. The molecule has 0 saturated carbocycles. The largest absolute Gasteiger partial charge is 0.479 e. The standard InChI is InChI=1S/C9H16O4/c1-4-6(2)5-8(9(11)12)13-7(3)10/h6,8H,4-5H2,1-3H3,(H,11,12). The van der Waals surface area contributed by atoms with Crippen LogP contribution in [-0.4, -0.2) is 23.1 Å². The molecule has 0 aromatic carbocycles. The van der Waals surface area contributed by atoms with Gasteiger partial charge in [-0.3, -0.25) is 4.79 Å². The lowest BCUT2D eigenvalue weighted by Gasteiger charge is -2.15. The highest BCUT2D eigenvalue weighted by molar-refractivity contribution is 5.76. The third kappa shape index (κ3) is 5.22. The molecular weight excluding hydrogens is 172 g/mol. The molecule has 0 aliphatic carbocycles. The van der Waals surface area contributed by atoms with Crippen molar-refractivity contribution >= 4 is 11.9 Å². The van der Waals surface area contributed by atoms with Crippen molar-refractivity contribution in [3.63, 3.8) is 0 Å². The summed E-state index contributed by atoms with van der Waals surface area (Å²) in [5.41, 5.74) is 0. The molecule has 0 bridgehead atoms. The van der Waals surface area contributed by atoms with Gasteiger partial charge in [0.05, 0.1) is 0 Å². The highest BCUT2D eigenvalue weighted by Crippen LogP contribution is 2.12. The molecule has 0 fully saturated rings. The normalized spacial score (nSPS) is 14.7. The second kappa shape index (κ2) is 5.56. The lowest BCUT2D eigenvalue weighted by Crippen LogP contribution is -2.27. The van der Waals surface area contributed by atoms with Gasteiger partial charge in [-0.2, -0.15) is 0 Å². The average Bonchev–Trinajstić information content (AvgIpc) is 2.02. The summed E-state index contributed by atoms with van der Waals surface area (Å²) in [5.74, 6) is -1.37. The van der Waals surface area contributed by atoms with Crippen LogP contribution < -0.4 is 0 Å². The molecule has 0 aliphatic rings. The van der Waals surface area contributed by atoms with Crippen molar-refractivity contribution in [3.05, 3.63) is 0 Å². The van der Waals surface area contributed by atoms with Gasteiger partial charge in [-0.1, -0.05) is 20.3 Å². The van der Waals surface area contributed by atoms with Crippen molar-refractivity contribution in [2.45, 2.75) is 39.7 Å². The number of rotatable bonds is 5. The summed E-state index contributed by atoms with van der Waals surface area (Å²) in [4.78, 5) is 21.2. The summed E-state index contributed by atoms with van der Waals surface area (Å²) >= 11 is 0. The van der Waals surface area contributed by atoms with Gasteiger partial charge in [-0.25, -0.2) is 4.79 Å². The van der Waals surface area contributed by atoms with Crippen molar-refractivity contribution in [2.24, 2.45) is 5.92 Å². The molecule has 0 spiro atoms. The number of ether oxygens (including phenoxy) is 1. The molecule has 1 N–H and O–H groups in total. The van der Waals surface area contributed by atoms with Gasteiger partial charge in [0.1, 0.15) is 0 Å². The van der Waals surface area contributed by atoms with Crippen LogP contribution in [0.2, 0.25) is 0 Å². The molecule has 0 rings (SSSR count). The first-order chi connectivity index (χ1) is 5.97. The minimum atomic E-state index is -1.07. The second-order valence-electron chi connectivity index (χ2n) is 3.19. The van der Waals surface area contributed by atoms with Crippen LogP contribution in [0.3, 0.4) is 0 Å². The van der Waals surface area contributed by atoms with E-state index >= 15 is 0 Å². The smallest absolute Gasteiger partial charge is 0.345 e. The molecule has 4 nitrogen and oxygen atoms in total. The Labute approximate surface area is 77.9 Å². The van der Waals surface area contributed by atoms with Crippen LogP contribution in [-0.2, 0) is 14.3 Å². The molecule has 76 valence electrons. The van der Waals surface area contributed by atoms with Gasteiger partial charge < -0.3 is 9.84 Å². The summed E-state index contributed by atoms with van der Waals surface area (Å²) in [6.45, 7) is 5.11. The molecule has 0 heterocycles. The predicted molar refractivity (Wildman–Crippen MR) is 47.3 cm³/mol. The summed E-state index contributed by atoms with van der Waals surface area (Å²) in [7, 11) is 0. The monoisotopic (exact) mass is 188 g/mol. The fourth-order valence-corrected chi connectivity index (χ4v) is 0.932. The summed E-state index contributed by atoms with van der Waals surface area (Å²) in [6.07, 6.45) is 0.267. The van der Waals surface area contributed by atoms with Crippen LogP contribution in [0.5, 0.6) is 0 Å².